The largest absolute Gasteiger partial charge is 0.380 e. The first-order valence-corrected chi connectivity index (χ1v) is 9.06. The number of hydrogen-bond donors (Lipinski definition) is 0. The summed E-state index contributed by atoms with van der Waals surface area (Å²) in [7, 11) is 2.78. The first kappa shape index (κ1) is 16.8. The van der Waals surface area contributed by atoms with Gasteiger partial charge in [-0.2, -0.15) is 0 Å². The van der Waals surface area contributed by atoms with Crippen molar-refractivity contribution in [1.82, 2.24) is 4.90 Å². The van der Waals surface area contributed by atoms with Crippen molar-refractivity contribution in [2.24, 2.45) is 0 Å². The molecule has 1 aromatic rings. The van der Waals surface area contributed by atoms with Gasteiger partial charge >= 0.3 is 0 Å². The Bertz CT molecular complexity index is 677. The minimum Gasteiger partial charge on any atom is -0.380 e. The maximum absolute atomic E-state index is 12.5. The molecule has 0 saturated carbocycles. The molecule has 1 heterocycles. The molecule has 1 amide bonds. The van der Waals surface area contributed by atoms with Crippen molar-refractivity contribution in [2.45, 2.75) is 17.4 Å². The Morgan fingerprint density at radius 1 is 1.38 bits per heavy atom. The number of nitrogens with zero attached hydrogens (tertiary/aromatic N) is 1. The minimum absolute atomic E-state index is 0.0140. The number of methoxy groups -OCH3 is 1. The van der Waals surface area contributed by atoms with E-state index in [1.807, 2.05) is 0 Å². The summed E-state index contributed by atoms with van der Waals surface area (Å²) in [6.45, 7) is 0.921. The van der Waals surface area contributed by atoms with E-state index in [-0.39, 0.29) is 26.6 Å². The molecule has 5 nitrogen and oxygen atoms in total. The fourth-order valence-electron chi connectivity index (χ4n) is 2.17. The normalized spacial score (nSPS) is 19.0. The van der Waals surface area contributed by atoms with Gasteiger partial charge in [0.1, 0.15) is 4.90 Å². The maximum atomic E-state index is 12.5. The van der Waals surface area contributed by atoms with Crippen LogP contribution in [0, 0.1) is 0 Å². The number of likely N-dealkylation sites (tertiary alicyclic amines) is 1. The Morgan fingerprint density at radius 3 is 2.57 bits per heavy atom. The summed E-state index contributed by atoms with van der Waals surface area (Å²) in [5.74, 6) is -0.399. The Morgan fingerprint density at radius 2 is 2.05 bits per heavy atom. The van der Waals surface area contributed by atoms with Crippen LogP contribution in [0.3, 0.4) is 0 Å². The third kappa shape index (κ3) is 3.63. The molecule has 0 aromatic heterocycles. The second-order valence-electron chi connectivity index (χ2n) is 4.60. The molecule has 1 saturated heterocycles. The van der Waals surface area contributed by atoms with E-state index in [9.17, 15) is 13.2 Å². The molecular weight excluding hydrogens is 361 g/mol. The number of benzene rings is 1. The fourth-order valence-corrected chi connectivity index (χ4v) is 4.03. The van der Waals surface area contributed by atoms with Crippen molar-refractivity contribution in [2.75, 3.05) is 20.2 Å². The van der Waals surface area contributed by atoms with E-state index in [1.165, 1.54) is 11.0 Å². The van der Waals surface area contributed by atoms with Crippen molar-refractivity contribution in [3.05, 3.63) is 27.7 Å². The van der Waals surface area contributed by atoms with Gasteiger partial charge < -0.3 is 9.64 Å². The van der Waals surface area contributed by atoms with Crippen molar-refractivity contribution in [3.8, 4) is 0 Å². The number of hydrogen-bond acceptors (Lipinski definition) is 4. The summed E-state index contributed by atoms with van der Waals surface area (Å²) in [6, 6.07) is 2.45. The van der Waals surface area contributed by atoms with E-state index < -0.39 is 15.0 Å². The second-order valence-corrected chi connectivity index (χ2v) is 7.95. The van der Waals surface area contributed by atoms with Gasteiger partial charge in [-0.15, -0.1) is 0 Å². The summed E-state index contributed by atoms with van der Waals surface area (Å²) in [4.78, 5) is 13.6. The molecule has 0 spiro atoms. The molecule has 116 valence electrons. The van der Waals surface area contributed by atoms with Gasteiger partial charge in [-0.3, -0.25) is 4.79 Å². The quantitative estimate of drug-likeness (QED) is 0.765. The van der Waals surface area contributed by atoms with Gasteiger partial charge in [0, 0.05) is 35.9 Å². The summed E-state index contributed by atoms with van der Waals surface area (Å²) in [5, 5.41) is -0.148. The van der Waals surface area contributed by atoms with Crippen LogP contribution in [-0.2, 0) is 13.8 Å². The summed E-state index contributed by atoms with van der Waals surface area (Å²) >= 11 is 11.9. The molecule has 9 heteroatoms. The molecule has 1 fully saturated rings. The van der Waals surface area contributed by atoms with Crippen LogP contribution in [-0.4, -0.2) is 45.5 Å². The molecule has 0 bridgehead atoms. The highest BCUT2D eigenvalue weighted by Gasteiger charge is 2.30. The molecule has 0 N–H and O–H groups in total. The van der Waals surface area contributed by atoms with Gasteiger partial charge in [-0.25, -0.2) is 8.42 Å². The smallest absolute Gasteiger partial charge is 0.262 e. The topological polar surface area (TPSA) is 63.7 Å². The van der Waals surface area contributed by atoms with Gasteiger partial charge in [0.25, 0.3) is 15.0 Å². The molecular formula is C12H12Cl3NO4S. The zero-order valence-electron chi connectivity index (χ0n) is 11.0. The lowest BCUT2D eigenvalue weighted by Gasteiger charge is -2.18. The van der Waals surface area contributed by atoms with E-state index in [0.29, 0.717) is 19.5 Å². The van der Waals surface area contributed by atoms with Gasteiger partial charge in [-0.05, 0) is 18.6 Å². The predicted molar refractivity (Wildman–Crippen MR) is 80.8 cm³/mol. The first-order chi connectivity index (χ1) is 9.74. The fraction of sp³-hybridized carbons (Fsp3) is 0.417. The maximum Gasteiger partial charge on any atom is 0.262 e. The molecule has 21 heavy (non-hydrogen) atoms. The van der Waals surface area contributed by atoms with Crippen LogP contribution in [0.4, 0.5) is 0 Å². The first-order valence-electron chi connectivity index (χ1n) is 6.00. The van der Waals surface area contributed by atoms with E-state index in [4.69, 9.17) is 38.6 Å². The molecule has 2 rings (SSSR count). The van der Waals surface area contributed by atoms with Gasteiger partial charge in [-0.1, -0.05) is 23.2 Å². The van der Waals surface area contributed by atoms with Crippen LogP contribution in [0.2, 0.25) is 10.0 Å². The lowest BCUT2D eigenvalue weighted by Crippen LogP contribution is -2.30. The molecule has 1 unspecified atom stereocenters. The standard InChI is InChI=1S/C12H12Cl3NO4S/c1-20-8-2-3-16(6-8)12(17)9-4-7(13)5-10(11(9)14)21(15,18)19/h4-5,8H,2-3,6H2,1H3. The average molecular weight is 373 g/mol. The van der Waals surface area contributed by atoms with Crippen LogP contribution in [0.1, 0.15) is 16.8 Å². The molecule has 1 atom stereocenters. The van der Waals surface area contributed by atoms with Crippen molar-refractivity contribution >= 4 is 48.8 Å². The minimum atomic E-state index is -4.09. The lowest BCUT2D eigenvalue weighted by atomic mass is 10.2. The van der Waals surface area contributed by atoms with Gasteiger partial charge in [0.2, 0.25) is 0 Å². The zero-order valence-corrected chi connectivity index (χ0v) is 14.1. The van der Waals surface area contributed by atoms with E-state index in [2.05, 4.69) is 0 Å². The van der Waals surface area contributed by atoms with E-state index >= 15 is 0 Å². The summed E-state index contributed by atoms with van der Waals surface area (Å²) in [6.07, 6.45) is 0.671. The molecule has 1 aliphatic heterocycles. The summed E-state index contributed by atoms with van der Waals surface area (Å²) in [5.41, 5.74) is 0.0140. The predicted octanol–water partition coefficient (Wildman–Crippen LogP) is 2.78. The third-order valence-electron chi connectivity index (χ3n) is 3.26. The van der Waals surface area contributed by atoms with Crippen molar-refractivity contribution < 1.29 is 17.9 Å². The van der Waals surface area contributed by atoms with Crippen molar-refractivity contribution in [1.29, 1.82) is 0 Å². The third-order valence-corrected chi connectivity index (χ3v) is 5.35. The number of halogens is 3. The van der Waals surface area contributed by atoms with Crippen LogP contribution >= 0.6 is 33.9 Å². The Labute approximate surface area is 137 Å². The lowest BCUT2D eigenvalue weighted by molar-refractivity contribution is 0.0724. The van der Waals surface area contributed by atoms with Crippen LogP contribution < -0.4 is 0 Å². The molecule has 1 aromatic carbocycles. The van der Waals surface area contributed by atoms with Crippen LogP contribution in [0.5, 0.6) is 0 Å². The van der Waals surface area contributed by atoms with Gasteiger partial charge in [0.05, 0.1) is 16.7 Å². The Balaban J connectivity index is 2.41. The SMILES string of the molecule is COC1CCN(C(=O)c2cc(Cl)cc(S(=O)(=O)Cl)c2Cl)C1. The highest BCUT2D eigenvalue weighted by molar-refractivity contribution is 8.13. The Hall–Kier alpha value is -0.530. The van der Waals surface area contributed by atoms with E-state index in [0.717, 1.165) is 6.07 Å². The van der Waals surface area contributed by atoms with E-state index in [1.54, 1.807) is 7.11 Å². The molecule has 1 aliphatic rings. The number of carbonyl (C=O) groups excluding carboxylic acids is 1. The van der Waals surface area contributed by atoms with Gasteiger partial charge in [0.15, 0.2) is 0 Å². The highest BCUT2D eigenvalue weighted by atomic mass is 35.7. The van der Waals surface area contributed by atoms with Crippen LogP contribution in [0.25, 0.3) is 0 Å². The molecule has 0 aliphatic carbocycles. The monoisotopic (exact) mass is 371 g/mol. The highest BCUT2D eigenvalue weighted by Crippen LogP contribution is 2.32. The average Bonchev–Trinajstić information content (AvgIpc) is 2.87. The second kappa shape index (κ2) is 6.30. The van der Waals surface area contributed by atoms with Crippen molar-refractivity contribution in [3.63, 3.8) is 0 Å². The summed E-state index contributed by atoms with van der Waals surface area (Å²) < 4.78 is 28.1. The number of ether oxygens (including phenoxy) is 1. The molecule has 0 radical (unpaired) electrons. The number of amides is 1. The number of rotatable bonds is 3. The number of carbonyl (C=O) groups is 1. The van der Waals surface area contributed by atoms with Crippen LogP contribution in [0.15, 0.2) is 17.0 Å². The zero-order chi connectivity index (χ0) is 15.8. The Kier molecular flexibility index (Phi) is 5.05.